The highest BCUT2D eigenvalue weighted by Crippen LogP contribution is 2.24. The van der Waals surface area contributed by atoms with Crippen molar-refractivity contribution >= 4 is 0 Å². The molecule has 76 valence electrons. The maximum Gasteiger partial charge on any atom is -0.00741 e. The van der Waals surface area contributed by atoms with Crippen molar-refractivity contribution in [2.45, 2.75) is 38.5 Å². The highest BCUT2D eigenvalue weighted by atomic mass is 14.5. The topological polar surface area (TPSA) is 26.0 Å². The molecule has 1 aliphatic carbocycles. The van der Waals surface area contributed by atoms with Crippen LogP contribution in [-0.4, -0.2) is 6.54 Å². The minimum Gasteiger partial charge on any atom is -0.330 e. The molecule has 0 aliphatic heterocycles. The third-order valence-electron chi connectivity index (χ3n) is 3.14. The minimum atomic E-state index is 0.809. The minimum absolute atomic E-state index is 0.809. The van der Waals surface area contributed by atoms with Crippen molar-refractivity contribution in [2.24, 2.45) is 5.73 Å². The van der Waals surface area contributed by atoms with Gasteiger partial charge in [-0.05, 0) is 61.8 Å². The van der Waals surface area contributed by atoms with Crippen LogP contribution >= 0.6 is 0 Å². The van der Waals surface area contributed by atoms with Gasteiger partial charge in [0.2, 0.25) is 0 Å². The Balaban J connectivity index is 2.21. The maximum atomic E-state index is 5.55. The van der Waals surface area contributed by atoms with Crippen LogP contribution in [0.2, 0.25) is 0 Å². The second-order valence-electron chi connectivity index (χ2n) is 4.15. The number of hydrogen-bond donors (Lipinski definition) is 1. The summed E-state index contributed by atoms with van der Waals surface area (Å²) in [6, 6.07) is 6.77. The lowest BCUT2D eigenvalue weighted by molar-refractivity contribution is 0.674. The molecule has 0 radical (unpaired) electrons. The van der Waals surface area contributed by atoms with Crippen molar-refractivity contribution in [3.05, 3.63) is 34.9 Å². The zero-order chi connectivity index (χ0) is 9.80. The number of rotatable bonds is 3. The van der Waals surface area contributed by atoms with Crippen molar-refractivity contribution in [3.63, 3.8) is 0 Å². The Morgan fingerprint density at radius 1 is 1.14 bits per heavy atom. The van der Waals surface area contributed by atoms with Crippen LogP contribution in [0.4, 0.5) is 0 Å². The van der Waals surface area contributed by atoms with Crippen molar-refractivity contribution in [1.29, 1.82) is 0 Å². The standard InChI is InChI=1S/C13H19N/c14-10-4-8-12-7-3-6-11-5-1-2-9-13(11)12/h3,6-7H,1-2,4-5,8-10,14H2. The zero-order valence-corrected chi connectivity index (χ0v) is 8.76. The Morgan fingerprint density at radius 2 is 2.00 bits per heavy atom. The number of fused-ring (bicyclic) bond motifs is 1. The lowest BCUT2D eigenvalue weighted by atomic mass is 9.87. The number of hydrogen-bond acceptors (Lipinski definition) is 1. The molecule has 1 nitrogen and oxygen atoms in total. The monoisotopic (exact) mass is 189 g/mol. The normalized spacial score (nSPS) is 15.2. The van der Waals surface area contributed by atoms with Crippen LogP contribution in [0.3, 0.4) is 0 Å². The van der Waals surface area contributed by atoms with Crippen LogP contribution in [0.5, 0.6) is 0 Å². The van der Waals surface area contributed by atoms with Crippen molar-refractivity contribution < 1.29 is 0 Å². The Morgan fingerprint density at radius 3 is 2.86 bits per heavy atom. The van der Waals surface area contributed by atoms with E-state index in [9.17, 15) is 0 Å². The van der Waals surface area contributed by atoms with E-state index in [1.807, 2.05) is 0 Å². The van der Waals surface area contributed by atoms with Gasteiger partial charge in [-0.15, -0.1) is 0 Å². The molecule has 0 saturated carbocycles. The SMILES string of the molecule is NCCCc1cccc2c1CCCC2. The van der Waals surface area contributed by atoms with Gasteiger partial charge in [-0.25, -0.2) is 0 Å². The fourth-order valence-electron chi connectivity index (χ4n) is 2.39. The lowest BCUT2D eigenvalue weighted by Gasteiger charge is -2.19. The van der Waals surface area contributed by atoms with Crippen molar-refractivity contribution in [2.75, 3.05) is 6.54 Å². The molecule has 2 N–H and O–H groups in total. The molecule has 0 fully saturated rings. The van der Waals surface area contributed by atoms with Gasteiger partial charge in [-0.2, -0.15) is 0 Å². The summed E-state index contributed by atoms with van der Waals surface area (Å²) in [5, 5.41) is 0. The van der Waals surface area contributed by atoms with E-state index < -0.39 is 0 Å². The van der Waals surface area contributed by atoms with Crippen LogP contribution in [0.15, 0.2) is 18.2 Å². The molecule has 1 aliphatic rings. The van der Waals surface area contributed by atoms with E-state index in [1.54, 1.807) is 16.7 Å². The smallest absolute Gasteiger partial charge is 0.00741 e. The molecule has 14 heavy (non-hydrogen) atoms. The van der Waals surface area contributed by atoms with Crippen LogP contribution < -0.4 is 5.73 Å². The van der Waals surface area contributed by atoms with Gasteiger partial charge in [0.25, 0.3) is 0 Å². The van der Waals surface area contributed by atoms with Crippen LogP contribution in [0.1, 0.15) is 36.0 Å². The lowest BCUT2D eigenvalue weighted by Crippen LogP contribution is -2.08. The van der Waals surface area contributed by atoms with Crippen LogP contribution in [0, 0.1) is 0 Å². The first kappa shape index (κ1) is 9.72. The van der Waals surface area contributed by atoms with Gasteiger partial charge in [-0.3, -0.25) is 0 Å². The molecule has 1 heteroatoms. The Hall–Kier alpha value is -0.820. The second kappa shape index (κ2) is 4.61. The first-order valence-corrected chi connectivity index (χ1v) is 5.71. The van der Waals surface area contributed by atoms with E-state index in [-0.39, 0.29) is 0 Å². The van der Waals surface area contributed by atoms with E-state index in [0.717, 1.165) is 13.0 Å². The van der Waals surface area contributed by atoms with Crippen molar-refractivity contribution in [3.8, 4) is 0 Å². The molecule has 2 rings (SSSR count). The highest BCUT2D eigenvalue weighted by Gasteiger charge is 2.11. The summed E-state index contributed by atoms with van der Waals surface area (Å²) in [6.45, 7) is 0.809. The Kier molecular flexibility index (Phi) is 3.20. The summed E-state index contributed by atoms with van der Waals surface area (Å²) in [5.74, 6) is 0. The second-order valence-corrected chi connectivity index (χ2v) is 4.15. The zero-order valence-electron chi connectivity index (χ0n) is 8.76. The first-order valence-electron chi connectivity index (χ1n) is 5.71. The molecule has 0 bridgehead atoms. The van der Waals surface area contributed by atoms with E-state index in [1.165, 1.54) is 32.1 Å². The van der Waals surface area contributed by atoms with E-state index in [4.69, 9.17) is 5.73 Å². The van der Waals surface area contributed by atoms with Gasteiger partial charge in [0.1, 0.15) is 0 Å². The van der Waals surface area contributed by atoms with E-state index in [2.05, 4.69) is 18.2 Å². The molecule has 1 aromatic rings. The molecule has 0 spiro atoms. The van der Waals surface area contributed by atoms with Gasteiger partial charge in [0, 0.05) is 0 Å². The fourth-order valence-corrected chi connectivity index (χ4v) is 2.39. The molecular formula is C13H19N. The molecule has 0 unspecified atom stereocenters. The summed E-state index contributed by atoms with van der Waals surface area (Å²) in [6.07, 6.45) is 7.60. The summed E-state index contributed by atoms with van der Waals surface area (Å²) in [4.78, 5) is 0. The third kappa shape index (κ3) is 1.98. The largest absolute Gasteiger partial charge is 0.330 e. The van der Waals surface area contributed by atoms with Gasteiger partial charge in [-0.1, -0.05) is 18.2 Å². The predicted molar refractivity (Wildman–Crippen MR) is 60.5 cm³/mol. The molecule has 0 amide bonds. The Bertz CT molecular complexity index is 304. The average molecular weight is 189 g/mol. The van der Waals surface area contributed by atoms with Gasteiger partial charge < -0.3 is 5.73 Å². The average Bonchev–Trinajstić information content (AvgIpc) is 2.26. The molecule has 0 atom stereocenters. The highest BCUT2D eigenvalue weighted by molar-refractivity contribution is 5.37. The summed E-state index contributed by atoms with van der Waals surface area (Å²) >= 11 is 0. The molecule has 0 heterocycles. The van der Waals surface area contributed by atoms with Crippen LogP contribution in [0.25, 0.3) is 0 Å². The van der Waals surface area contributed by atoms with Gasteiger partial charge >= 0.3 is 0 Å². The summed E-state index contributed by atoms with van der Waals surface area (Å²) in [5.41, 5.74) is 10.3. The Labute approximate surface area is 86.3 Å². The maximum absolute atomic E-state index is 5.55. The summed E-state index contributed by atoms with van der Waals surface area (Å²) in [7, 11) is 0. The molecule has 1 aromatic carbocycles. The molecule has 0 aromatic heterocycles. The number of aryl methyl sites for hydroxylation is 2. The van der Waals surface area contributed by atoms with Gasteiger partial charge in [0.05, 0.1) is 0 Å². The number of nitrogens with two attached hydrogens (primary N) is 1. The van der Waals surface area contributed by atoms with Gasteiger partial charge in [0.15, 0.2) is 0 Å². The molecular weight excluding hydrogens is 170 g/mol. The first-order chi connectivity index (χ1) is 6.92. The van der Waals surface area contributed by atoms with E-state index in [0.29, 0.717) is 0 Å². The summed E-state index contributed by atoms with van der Waals surface area (Å²) < 4.78 is 0. The third-order valence-corrected chi connectivity index (χ3v) is 3.14. The quantitative estimate of drug-likeness (QED) is 0.776. The van der Waals surface area contributed by atoms with Crippen LogP contribution in [-0.2, 0) is 19.3 Å². The molecule has 0 saturated heterocycles. The fraction of sp³-hybridized carbons (Fsp3) is 0.538. The number of benzene rings is 1. The van der Waals surface area contributed by atoms with E-state index >= 15 is 0 Å². The predicted octanol–water partition coefficient (Wildman–Crippen LogP) is 2.46. The van der Waals surface area contributed by atoms with Crippen molar-refractivity contribution in [1.82, 2.24) is 0 Å².